The third-order valence-corrected chi connectivity index (χ3v) is 5.45. The highest BCUT2D eigenvalue weighted by atomic mass is 32.2. The molecule has 0 aromatic heterocycles. The number of hydrogen-bond acceptors (Lipinski definition) is 6. The van der Waals surface area contributed by atoms with Crippen LogP contribution >= 0.6 is 11.8 Å². The van der Waals surface area contributed by atoms with E-state index in [1.165, 1.54) is 0 Å². The van der Waals surface area contributed by atoms with Gasteiger partial charge in [0, 0.05) is 0 Å². The fourth-order valence-electron chi connectivity index (χ4n) is 3.14. The molecule has 0 aliphatic carbocycles. The molecule has 2 amide bonds. The maximum atomic E-state index is 13.0. The molecule has 0 fully saturated rings. The van der Waals surface area contributed by atoms with Gasteiger partial charge >= 0.3 is 0 Å². The smallest absolute Gasteiger partial charge is 0.258 e. The van der Waals surface area contributed by atoms with E-state index in [1.807, 2.05) is 63.4 Å². The van der Waals surface area contributed by atoms with E-state index in [2.05, 4.69) is 10.6 Å². The van der Waals surface area contributed by atoms with Crippen molar-refractivity contribution in [1.29, 1.82) is 0 Å². The molecule has 2 N–H and O–H groups in total. The van der Waals surface area contributed by atoms with E-state index in [9.17, 15) is 9.59 Å². The largest absolute Gasteiger partial charge is 0.490 e. The summed E-state index contributed by atoms with van der Waals surface area (Å²) in [4.78, 5) is 25.4. The average molecular weight is 475 g/mol. The lowest BCUT2D eigenvalue weighted by Crippen LogP contribution is -2.48. The van der Waals surface area contributed by atoms with Crippen molar-refractivity contribution < 1.29 is 23.8 Å². The Kier molecular flexibility index (Phi) is 11.4. The van der Waals surface area contributed by atoms with Gasteiger partial charge in [-0.2, -0.15) is 11.8 Å². The summed E-state index contributed by atoms with van der Waals surface area (Å²) in [7, 11) is 0. The molecule has 2 aromatic carbocycles. The minimum absolute atomic E-state index is 0.154. The molecule has 0 aliphatic rings. The van der Waals surface area contributed by atoms with Gasteiger partial charge in [0.1, 0.15) is 11.8 Å². The van der Waals surface area contributed by atoms with Crippen molar-refractivity contribution in [3.63, 3.8) is 0 Å². The van der Waals surface area contributed by atoms with Gasteiger partial charge in [0.05, 0.1) is 19.3 Å². The third kappa shape index (κ3) is 8.88. The molecule has 2 rings (SSSR count). The third-order valence-electron chi connectivity index (χ3n) is 4.80. The number of amides is 2. The number of benzene rings is 2. The molecular weight excluding hydrogens is 440 g/mol. The van der Waals surface area contributed by atoms with Gasteiger partial charge in [0.2, 0.25) is 5.91 Å². The highest BCUT2D eigenvalue weighted by Gasteiger charge is 2.23. The predicted octanol–water partition coefficient (Wildman–Crippen LogP) is 3.98. The molecule has 7 nitrogen and oxygen atoms in total. The number of ether oxygens (including phenoxy) is 3. The average Bonchev–Trinajstić information content (AvgIpc) is 2.82. The van der Waals surface area contributed by atoms with Crippen LogP contribution in [0.1, 0.15) is 38.8 Å². The van der Waals surface area contributed by atoms with Gasteiger partial charge in [-0.15, -0.1) is 0 Å². The number of rotatable bonds is 14. The maximum absolute atomic E-state index is 13.0. The number of hydrogen-bond donors (Lipinski definition) is 2. The Morgan fingerprint density at radius 2 is 1.64 bits per heavy atom. The minimum Gasteiger partial charge on any atom is -0.490 e. The fourth-order valence-corrected chi connectivity index (χ4v) is 3.61. The zero-order chi connectivity index (χ0) is 24.1. The van der Waals surface area contributed by atoms with Gasteiger partial charge in [-0.3, -0.25) is 9.59 Å². The predicted molar refractivity (Wildman–Crippen MR) is 132 cm³/mol. The summed E-state index contributed by atoms with van der Waals surface area (Å²) >= 11 is 1.62. The van der Waals surface area contributed by atoms with E-state index in [-0.39, 0.29) is 24.5 Å². The van der Waals surface area contributed by atoms with E-state index in [4.69, 9.17) is 14.2 Å². The van der Waals surface area contributed by atoms with E-state index in [0.717, 1.165) is 11.3 Å². The zero-order valence-electron chi connectivity index (χ0n) is 19.8. The maximum Gasteiger partial charge on any atom is 0.258 e. The Labute approximate surface area is 200 Å². The molecular formula is C25H34N2O5S. The molecule has 0 saturated heterocycles. The van der Waals surface area contributed by atoms with Crippen LogP contribution in [0.4, 0.5) is 0 Å². The molecule has 0 bridgehead atoms. The number of carbonyl (C=O) groups excluding carboxylic acids is 2. The standard InChI is InChI=1S/C25H34N2O5S/c1-5-30-22-13-12-19(16-23(22)31-6-2)18(3)26-25(29)21(14-15-33-4)27-24(28)17-32-20-10-8-7-9-11-20/h7-13,16,18,21H,5-6,14-15,17H2,1-4H3,(H,26,29)(H,27,28). The first-order valence-electron chi connectivity index (χ1n) is 11.1. The van der Waals surface area contributed by atoms with Gasteiger partial charge in [0.15, 0.2) is 18.1 Å². The van der Waals surface area contributed by atoms with Crippen molar-refractivity contribution in [3.05, 3.63) is 54.1 Å². The molecule has 0 saturated carbocycles. The highest BCUT2D eigenvalue weighted by Crippen LogP contribution is 2.30. The van der Waals surface area contributed by atoms with E-state index >= 15 is 0 Å². The molecule has 180 valence electrons. The lowest BCUT2D eigenvalue weighted by Gasteiger charge is -2.22. The van der Waals surface area contributed by atoms with Crippen LogP contribution in [0.5, 0.6) is 17.2 Å². The normalized spacial score (nSPS) is 12.4. The van der Waals surface area contributed by atoms with Crippen LogP contribution in [-0.4, -0.2) is 49.7 Å². The summed E-state index contributed by atoms with van der Waals surface area (Å²) in [5.74, 6) is 2.08. The van der Waals surface area contributed by atoms with Gasteiger partial charge < -0.3 is 24.8 Å². The molecule has 8 heteroatoms. The van der Waals surface area contributed by atoms with Crippen molar-refractivity contribution in [1.82, 2.24) is 10.6 Å². The Bertz CT molecular complexity index is 878. The van der Waals surface area contributed by atoms with Crippen LogP contribution in [0.25, 0.3) is 0 Å². The summed E-state index contributed by atoms with van der Waals surface area (Å²) < 4.78 is 16.8. The SMILES string of the molecule is CCOc1ccc(C(C)NC(=O)C(CCSC)NC(=O)COc2ccccc2)cc1OCC. The minimum atomic E-state index is -0.652. The second kappa shape index (κ2) is 14.3. The first-order chi connectivity index (χ1) is 16.0. The van der Waals surface area contributed by atoms with Gasteiger partial charge in [-0.1, -0.05) is 24.3 Å². The monoisotopic (exact) mass is 474 g/mol. The Morgan fingerprint density at radius 3 is 2.30 bits per heavy atom. The van der Waals surface area contributed by atoms with Crippen molar-refractivity contribution >= 4 is 23.6 Å². The summed E-state index contributed by atoms with van der Waals surface area (Å²) in [5.41, 5.74) is 0.887. The Hall–Kier alpha value is -2.87. The van der Waals surface area contributed by atoms with Crippen molar-refractivity contribution in [2.24, 2.45) is 0 Å². The van der Waals surface area contributed by atoms with Crippen LogP contribution in [0, 0.1) is 0 Å². The van der Waals surface area contributed by atoms with Gasteiger partial charge in [-0.25, -0.2) is 0 Å². The molecule has 0 heterocycles. The second-order valence-corrected chi connectivity index (χ2v) is 8.29. The summed E-state index contributed by atoms with van der Waals surface area (Å²) in [6.45, 7) is 6.62. The number of carbonyl (C=O) groups is 2. The molecule has 2 unspecified atom stereocenters. The summed E-state index contributed by atoms with van der Waals surface area (Å²) in [6, 6.07) is 13.8. The molecule has 0 aliphatic heterocycles. The molecule has 2 aromatic rings. The summed E-state index contributed by atoms with van der Waals surface area (Å²) in [5, 5.41) is 5.81. The van der Waals surface area contributed by atoms with E-state index in [1.54, 1.807) is 23.9 Å². The lowest BCUT2D eigenvalue weighted by atomic mass is 10.1. The highest BCUT2D eigenvalue weighted by molar-refractivity contribution is 7.98. The first-order valence-corrected chi connectivity index (χ1v) is 12.5. The molecule has 0 spiro atoms. The topological polar surface area (TPSA) is 85.9 Å². The van der Waals surface area contributed by atoms with Crippen molar-refractivity contribution in [2.75, 3.05) is 31.8 Å². The van der Waals surface area contributed by atoms with Gasteiger partial charge in [-0.05, 0) is 69.0 Å². The van der Waals surface area contributed by atoms with Gasteiger partial charge in [0.25, 0.3) is 5.91 Å². The Balaban J connectivity index is 2.01. The molecule has 33 heavy (non-hydrogen) atoms. The molecule has 2 atom stereocenters. The quantitative estimate of drug-likeness (QED) is 0.431. The second-order valence-electron chi connectivity index (χ2n) is 7.31. The van der Waals surface area contributed by atoms with Crippen LogP contribution in [-0.2, 0) is 9.59 Å². The van der Waals surface area contributed by atoms with E-state index in [0.29, 0.717) is 36.9 Å². The number of thioether (sulfide) groups is 1. The van der Waals surface area contributed by atoms with Crippen LogP contribution < -0.4 is 24.8 Å². The summed E-state index contributed by atoms with van der Waals surface area (Å²) in [6.07, 6.45) is 2.48. The van der Waals surface area contributed by atoms with Crippen LogP contribution in [0.15, 0.2) is 48.5 Å². The number of nitrogens with one attached hydrogen (secondary N) is 2. The van der Waals surface area contributed by atoms with Crippen LogP contribution in [0.2, 0.25) is 0 Å². The lowest BCUT2D eigenvalue weighted by molar-refractivity contribution is -0.130. The van der Waals surface area contributed by atoms with Crippen molar-refractivity contribution in [2.45, 2.75) is 39.3 Å². The van der Waals surface area contributed by atoms with Crippen molar-refractivity contribution in [3.8, 4) is 17.2 Å². The Morgan fingerprint density at radius 1 is 0.939 bits per heavy atom. The first kappa shape index (κ1) is 26.4. The van der Waals surface area contributed by atoms with E-state index < -0.39 is 6.04 Å². The zero-order valence-corrected chi connectivity index (χ0v) is 20.6. The molecule has 0 radical (unpaired) electrons. The fraction of sp³-hybridized carbons (Fsp3) is 0.440. The number of para-hydroxylation sites is 1. The van der Waals surface area contributed by atoms with Crippen LogP contribution in [0.3, 0.4) is 0 Å².